The van der Waals surface area contributed by atoms with Gasteiger partial charge in [0.05, 0.1) is 13.2 Å². The van der Waals surface area contributed by atoms with Gasteiger partial charge in [-0.25, -0.2) is 4.57 Å². The van der Waals surface area contributed by atoms with E-state index in [4.69, 9.17) is 24.8 Å². The predicted octanol–water partition coefficient (Wildman–Crippen LogP) is 10.7. The van der Waals surface area contributed by atoms with Crippen LogP contribution < -0.4 is 5.73 Å². The molecule has 0 aromatic rings. The van der Waals surface area contributed by atoms with E-state index in [0.29, 0.717) is 12.8 Å². The predicted molar refractivity (Wildman–Crippen MR) is 235 cm³/mol. The number of hydrogen-bond donors (Lipinski definition) is 3. The van der Waals surface area contributed by atoms with Gasteiger partial charge in [0.2, 0.25) is 0 Å². The summed E-state index contributed by atoms with van der Waals surface area (Å²) in [4.78, 5) is 58.1. The maximum absolute atomic E-state index is 12.6. The van der Waals surface area contributed by atoms with Gasteiger partial charge >= 0.3 is 25.7 Å². The molecule has 1 unspecified atom stereocenters. The average Bonchev–Trinajstić information content (AvgIpc) is 3.20. The Morgan fingerprint density at radius 2 is 1.07 bits per heavy atom. The molecule has 0 aliphatic heterocycles. The molecule has 0 saturated carbocycles. The number of rotatable bonds is 39. The monoisotopic (exact) mass is 847 g/mol. The van der Waals surface area contributed by atoms with Gasteiger partial charge in [-0.15, -0.1) is 0 Å². The van der Waals surface area contributed by atoms with Crippen LogP contribution >= 0.6 is 7.82 Å². The molecule has 0 aromatic heterocycles. The number of carboxylic acids is 1. The summed E-state index contributed by atoms with van der Waals surface area (Å²) in [5.74, 6) is -2.89. The number of unbranched alkanes of at least 4 members (excludes halogenated alkanes) is 10. The van der Waals surface area contributed by atoms with Gasteiger partial charge in [-0.05, 0) is 76.7 Å². The smallest absolute Gasteiger partial charge is 0.472 e. The molecule has 0 saturated heterocycles. The first-order valence-electron chi connectivity index (χ1n) is 21.6. The largest absolute Gasteiger partial charge is 0.480 e. The Morgan fingerprint density at radius 1 is 0.576 bits per heavy atom. The second kappa shape index (κ2) is 39.8. The molecular formula is C46H74NO11P. The minimum absolute atomic E-state index is 0.0349. The van der Waals surface area contributed by atoms with E-state index in [1.165, 1.54) is 63.9 Å². The summed E-state index contributed by atoms with van der Waals surface area (Å²) in [7, 11) is -4.79. The Hall–Kier alpha value is -3.67. The number of ether oxygens (including phenoxy) is 2. The van der Waals surface area contributed by atoms with Gasteiger partial charge in [-0.3, -0.25) is 28.2 Å². The van der Waals surface area contributed by atoms with Gasteiger partial charge in [0.1, 0.15) is 12.6 Å². The van der Waals surface area contributed by atoms with Crippen molar-refractivity contribution in [2.75, 3.05) is 19.8 Å². The third kappa shape index (κ3) is 39.6. The lowest BCUT2D eigenvalue weighted by Gasteiger charge is -2.20. The zero-order valence-electron chi connectivity index (χ0n) is 35.8. The summed E-state index contributed by atoms with van der Waals surface area (Å²) < 4.78 is 32.4. The zero-order chi connectivity index (χ0) is 43.7. The van der Waals surface area contributed by atoms with Crippen molar-refractivity contribution in [1.82, 2.24) is 0 Å². The molecule has 0 spiro atoms. The number of hydrogen-bond acceptors (Lipinski definition) is 10. The fourth-order valence-electron chi connectivity index (χ4n) is 5.15. The Bertz CT molecular complexity index is 1380. The van der Waals surface area contributed by atoms with Gasteiger partial charge in [0, 0.05) is 19.3 Å². The number of phosphoric acid groups is 1. The molecule has 0 bridgehead atoms. The van der Waals surface area contributed by atoms with Crippen molar-refractivity contribution >= 4 is 31.5 Å². The first-order chi connectivity index (χ1) is 28.5. The molecule has 0 aliphatic carbocycles. The van der Waals surface area contributed by atoms with Crippen LogP contribution in [-0.4, -0.2) is 65.7 Å². The SMILES string of the molecule is CCCCC/C=C\C/C=C\C/C=C\C=C\C(=O)CCCC(=O)OC[C@H](COP(=O)(O)OC[C@H](N)C(=O)O)OC(=O)CCC/C=C\C/C=C\C/C=C\CCCCCCCC. The molecule has 59 heavy (non-hydrogen) atoms. The molecule has 0 aromatic carbocycles. The standard InChI is InChI=1S/C46H74NO11P/c1-3-5-7-9-11-13-15-17-18-19-20-22-24-26-28-30-32-36-45(50)58-42(39-56-59(53,54)57-40-43(47)46(51)52)38-55-44(49)37-33-35-41(48)34-31-29-27-25-23-21-16-14-12-10-8-6-4-2/h12,14,17-18,20-23,26-29,31,34,42-43H,3-11,13,15-16,19,24-25,30,32-33,35-40,47H2,1-2H3,(H,51,52)(H,53,54)/b14-12-,18-17-,22-20-,23-21-,28-26-,29-27-,34-31+/t42-,43+/m1/s1. The Balaban J connectivity index is 4.67. The van der Waals surface area contributed by atoms with Crippen LogP contribution in [0, 0.1) is 0 Å². The van der Waals surface area contributed by atoms with E-state index in [9.17, 15) is 28.6 Å². The van der Waals surface area contributed by atoms with E-state index in [0.717, 1.165) is 38.5 Å². The van der Waals surface area contributed by atoms with Crippen molar-refractivity contribution in [3.63, 3.8) is 0 Å². The molecule has 0 heterocycles. The van der Waals surface area contributed by atoms with E-state index in [1.54, 1.807) is 12.2 Å². The van der Waals surface area contributed by atoms with Gasteiger partial charge in [0.25, 0.3) is 0 Å². The molecule has 0 aliphatic rings. The van der Waals surface area contributed by atoms with Crippen LogP contribution in [0.1, 0.15) is 149 Å². The maximum Gasteiger partial charge on any atom is 0.472 e. The fraction of sp³-hybridized carbons (Fsp3) is 0.609. The molecule has 3 atom stereocenters. The number of esters is 2. The average molecular weight is 848 g/mol. The van der Waals surface area contributed by atoms with E-state index in [-0.39, 0.29) is 31.5 Å². The molecule has 0 amide bonds. The van der Waals surface area contributed by atoms with Gasteiger partial charge in [-0.1, -0.05) is 138 Å². The van der Waals surface area contributed by atoms with Crippen molar-refractivity contribution in [3.8, 4) is 0 Å². The maximum atomic E-state index is 12.6. The van der Waals surface area contributed by atoms with Crippen LogP contribution in [0.15, 0.2) is 85.1 Å². The highest BCUT2D eigenvalue weighted by Gasteiger charge is 2.28. The molecule has 0 radical (unpaired) electrons. The van der Waals surface area contributed by atoms with Gasteiger partial charge in [0.15, 0.2) is 11.9 Å². The summed E-state index contributed by atoms with van der Waals surface area (Å²) in [5.41, 5.74) is 5.31. The third-order valence-electron chi connectivity index (χ3n) is 8.59. The quantitative estimate of drug-likeness (QED) is 0.0133. The molecule has 334 valence electrons. The number of aliphatic carboxylic acids is 1. The molecule has 13 heteroatoms. The van der Waals surface area contributed by atoms with Crippen LogP contribution in [0.5, 0.6) is 0 Å². The Labute approximate surface area is 354 Å². The highest BCUT2D eigenvalue weighted by atomic mass is 31.2. The van der Waals surface area contributed by atoms with E-state index >= 15 is 0 Å². The highest BCUT2D eigenvalue weighted by Crippen LogP contribution is 2.43. The number of nitrogens with two attached hydrogens (primary N) is 1. The minimum Gasteiger partial charge on any atom is -0.480 e. The number of allylic oxidation sites excluding steroid dienone is 14. The summed E-state index contributed by atoms with van der Waals surface area (Å²) in [6.07, 6.45) is 45.3. The Morgan fingerprint density at radius 3 is 1.68 bits per heavy atom. The van der Waals surface area contributed by atoms with Crippen LogP contribution in [0.25, 0.3) is 0 Å². The highest BCUT2D eigenvalue weighted by molar-refractivity contribution is 7.47. The van der Waals surface area contributed by atoms with Crippen LogP contribution in [0.4, 0.5) is 0 Å². The topological polar surface area (TPSA) is 189 Å². The van der Waals surface area contributed by atoms with Crippen molar-refractivity contribution in [2.45, 2.75) is 161 Å². The molecule has 0 fully saturated rings. The summed E-state index contributed by atoms with van der Waals surface area (Å²) in [6, 6.07) is -1.57. The number of carbonyl (C=O) groups excluding carboxylic acids is 3. The first-order valence-corrected chi connectivity index (χ1v) is 23.1. The summed E-state index contributed by atoms with van der Waals surface area (Å²) in [6.45, 7) is 2.45. The summed E-state index contributed by atoms with van der Waals surface area (Å²) in [5, 5.41) is 8.88. The van der Waals surface area contributed by atoms with E-state index in [1.807, 2.05) is 18.2 Å². The summed E-state index contributed by atoms with van der Waals surface area (Å²) >= 11 is 0. The van der Waals surface area contributed by atoms with Crippen molar-refractivity contribution < 1.29 is 52.3 Å². The van der Waals surface area contributed by atoms with Crippen LogP contribution in [0.3, 0.4) is 0 Å². The molecule has 12 nitrogen and oxygen atoms in total. The second-order valence-corrected chi connectivity index (χ2v) is 15.6. The van der Waals surface area contributed by atoms with Crippen molar-refractivity contribution in [1.29, 1.82) is 0 Å². The molecule has 4 N–H and O–H groups in total. The van der Waals surface area contributed by atoms with Crippen LogP contribution in [-0.2, 0) is 42.3 Å². The number of ketones is 1. The van der Waals surface area contributed by atoms with E-state index in [2.05, 4.69) is 67.0 Å². The van der Waals surface area contributed by atoms with Crippen molar-refractivity contribution in [2.24, 2.45) is 5.73 Å². The third-order valence-corrected chi connectivity index (χ3v) is 9.54. The molecule has 0 rings (SSSR count). The lowest BCUT2D eigenvalue weighted by molar-refractivity contribution is -0.161. The normalized spacial score (nSPS) is 14.4. The first kappa shape index (κ1) is 55.3. The van der Waals surface area contributed by atoms with Gasteiger partial charge < -0.3 is 25.2 Å². The van der Waals surface area contributed by atoms with E-state index < -0.39 is 57.7 Å². The van der Waals surface area contributed by atoms with Crippen LogP contribution in [0.2, 0.25) is 0 Å². The lowest BCUT2D eigenvalue weighted by Crippen LogP contribution is -2.34. The second-order valence-electron chi connectivity index (χ2n) is 14.2. The Kier molecular flexibility index (Phi) is 37.3. The number of carbonyl (C=O) groups is 4. The molecular weight excluding hydrogens is 773 g/mol. The minimum atomic E-state index is -4.79. The number of carboxylic acid groups (broad SMARTS) is 1. The fourth-order valence-corrected chi connectivity index (χ4v) is 5.93. The lowest BCUT2D eigenvalue weighted by atomic mass is 10.1. The zero-order valence-corrected chi connectivity index (χ0v) is 36.7. The van der Waals surface area contributed by atoms with Gasteiger partial charge in [-0.2, -0.15) is 0 Å². The van der Waals surface area contributed by atoms with Crippen molar-refractivity contribution in [3.05, 3.63) is 85.1 Å². The number of phosphoric ester groups is 1.